The molecule has 0 N–H and O–H groups in total. The van der Waals surface area contributed by atoms with Gasteiger partial charge in [-0.25, -0.2) is 0 Å². The Hall–Kier alpha value is -1.10. The van der Waals surface area contributed by atoms with Crippen LogP contribution >= 0.6 is 0 Å². The number of hydrogen-bond donors (Lipinski definition) is 0. The Morgan fingerprint density at radius 1 is 1.11 bits per heavy atom. The van der Waals surface area contributed by atoms with Crippen molar-refractivity contribution in [3.05, 3.63) is 0 Å². The molecule has 0 aromatic rings. The van der Waals surface area contributed by atoms with Crippen LogP contribution in [0.5, 0.6) is 0 Å². The Morgan fingerprint density at radius 3 is 2.53 bits per heavy atom. The molecule has 5 fully saturated rings. The molecule has 0 aromatic heterocycles. The van der Waals surface area contributed by atoms with Crippen molar-refractivity contribution < 1.29 is 23.8 Å². The van der Waals surface area contributed by atoms with Gasteiger partial charge < -0.3 is 14.2 Å². The average Bonchev–Trinajstić information content (AvgIpc) is 3.40. The van der Waals surface area contributed by atoms with Crippen molar-refractivity contribution in [2.45, 2.75) is 130 Å². The molecule has 0 amide bonds. The van der Waals surface area contributed by atoms with Gasteiger partial charge in [0.15, 0.2) is 0 Å². The highest BCUT2D eigenvalue weighted by Gasteiger charge is 2.79. The number of methoxy groups -OCH3 is 1. The average molecular weight is 503 g/mol. The van der Waals surface area contributed by atoms with Crippen LogP contribution in [0.4, 0.5) is 0 Å². The van der Waals surface area contributed by atoms with Crippen LogP contribution in [0.2, 0.25) is 0 Å². The predicted octanol–water partition coefficient (Wildman–Crippen LogP) is 6.71. The molecule has 4 aliphatic carbocycles. The van der Waals surface area contributed by atoms with Gasteiger partial charge >= 0.3 is 11.9 Å². The zero-order valence-electron chi connectivity index (χ0n) is 23.9. The molecule has 10 atom stereocenters. The van der Waals surface area contributed by atoms with Gasteiger partial charge in [-0.2, -0.15) is 0 Å². The number of carbonyl (C=O) groups is 2. The van der Waals surface area contributed by atoms with Crippen LogP contribution in [0.15, 0.2) is 0 Å². The van der Waals surface area contributed by atoms with Gasteiger partial charge in [-0.3, -0.25) is 9.59 Å². The monoisotopic (exact) mass is 502 g/mol. The summed E-state index contributed by atoms with van der Waals surface area (Å²) in [6.07, 6.45) is 13.0. The first-order chi connectivity index (χ1) is 16.9. The fourth-order valence-corrected chi connectivity index (χ4v) is 10.8. The van der Waals surface area contributed by atoms with E-state index in [0.29, 0.717) is 40.4 Å². The lowest BCUT2D eigenvalue weighted by Gasteiger charge is -2.60. The fourth-order valence-electron chi connectivity index (χ4n) is 10.8. The van der Waals surface area contributed by atoms with Gasteiger partial charge in [-0.15, -0.1) is 0 Å². The molecule has 5 rings (SSSR count). The minimum atomic E-state index is -0.152. The maximum Gasteiger partial charge on any atom is 0.308 e. The van der Waals surface area contributed by atoms with Gasteiger partial charge in [-0.1, -0.05) is 41.0 Å². The van der Waals surface area contributed by atoms with E-state index in [1.54, 1.807) is 6.92 Å². The zero-order valence-corrected chi connectivity index (χ0v) is 23.9. The van der Waals surface area contributed by atoms with Crippen LogP contribution in [0.25, 0.3) is 0 Å². The van der Waals surface area contributed by atoms with Crippen LogP contribution in [-0.2, 0) is 23.8 Å². The number of carbonyl (C=O) groups excluding carboxylic acids is 2. The third-order valence-corrected chi connectivity index (χ3v) is 12.5. The van der Waals surface area contributed by atoms with E-state index >= 15 is 0 Å². The molecule has 10 unspecified atom stereocenters. The second-order valence-corrected chi connectivity index (χ2v) is 14.3. The Balaban J connectivity index is 1.36. The second-order valence-electron chi connectivity index (χ2n) is 14.3. The van der Waals surface area contributed by atoms with Crippen molar-refractivity contribution in [3.8, 4) is 0 Å². The highest BCUT2D eigenvalue weighted by atomic mass is 16.5. The van der Waals surface area contributed by atoms with Crippen molar-refractivity contribution in [1.29, 1.82) is 0 Å². The third kappa shape index (κ3) is 3.80. The molecule has 0 aromatic carbocycles. The van der Waals surface area contributed by atoms with Crippen molar-refractivity contribution in [1.82, 2.24) is 0 Å². The summed E-state index contributed by atoms with van der Waals surface area (Å²) < 4.78 is 17.4. The molecular formula is C31H50O5. The van der Waals surface area contributed by atoms with E-state index < -0.39 is 0 Å². The third-order valence-electron chi connectivity index (χ3n) is 12.5. The number of esters is 2. The Bertz CT molecular complexity index is 884. The quantitative estimate of drug-likeness (QED) is 0.362. The van der Waals surface area contributed by atoms with Crippen LogP contribution in [0, 0.1) is 45.3 Å². The minimum absolute atomic E-state index is 0.00405. The first kappa shape index (κ1) is 26.5. The second kappa shape index (κ2) is 8.99. The first-order valence-corrected chi connectivity index (χ1v) is 14.8. The highest BCUT2D eigenvalue weighted by Crippen LogP contribution is 2.86. The SMILES string of the molecule is COC(=O)CC1CC(C)C2C(CC3(C)C4CCCC5(CCC(OC(C)=O)C(C)C)CC45CCC23C)O1. The van der Waals surface area contributed by atoms with Crippen molar-refractivity contribution >= 4 is 11.9 Å². The summed E-state index contributed by atoms with van der Waals surface area (Å²) in [5.74, 6) is 1.97. The molecule has 1 saturated heterocycles. The number of fused-ring (bicyclic) bond motifs is 4. The van der Waals surface area contributed by atoms with E-state index in [0.717, 1.165) is 25.2 Å². The molecule has 1 heterocycles. The molecule has 204 valence electrons. The van der Waals surface area contributed by atoms with Gasteiger partial charge in [0.25, 0.3) is 0 Å². The van der Waals surface area contributed by atoms with Gasteiger partial charge in [0.05, 0.1) is 25.7 Å². The molecule has 0 bridgehead atoms. The predicted molar refractivity (Wildman–Crippen MR) is 139 cm³/mol. The Morgan fingerprint density at radius 2 is 1.86 bits per heavy atom. The summed E-state index contributed by atoms with van der Waals surface area (Å²) in [7, 11) is 1.48. The normalized spacial score (nSPS) is 47.7. The number of ether oxygens (including phenoxy) is 3. The topological polar surface area (TPSA) is 61.8 Å². The van der Waals surface area contributed by atoms with Crippen LogP contribution in [0.3, 0.4) is 0 Å². The maximum absolute atomic E-state index is 12.0. The first-order valence-electron chi connectivity index (χ1n) is 14.8. The number of hydrogen-bond acceptors (Lipinski definition) is 5. The zero-order chi connectivity index (χ0) is 26.1. The van der Waals surface area contributed by atoms with E-state index in [9.17, 15) is 9.59 Å². The van der Waals surface area contributed by atoms with Crippen LogP contribution < -0.4 is 0 Å². The summed E-state index contributed by atoms with van der Waals surface area (Å²) in [6, 6.07) is 0. The lowest BCUT2D eigenvalue weighted by Crippen LogP contribution is -2.54. The standard InChI is InChI=1S/C31H50O5/c1-19(2)23(35-21(4)32)10-12-30-11-8-9-25-29(6)17-24-27(28(29,5)13-14-31(25,30)18-30)20(3)15-22(36-24)16-26(33)34-7/h19-20,22-25,27H,8-18H2,1-7H3. The van der Waals surface area contributed by atoms with E-state index in [1.807, 2.05) is 0 Å². The minimum Gasteiger partial charge on any atom is -0.469 e. The molecule has 4 saturated carbocycles. The summed E-state index contributed by atoms with van der Waals surface area (Å²) in [6.45, 7) is 13.5. The lowest BCUT2D eigenvalue weighted by molar-refractivity contribution is -0.157. The van der Waals surface area contributed by atoms with E-state index in [4.69, 9.17) is 14.2 Å². The molecular weight excluding hydrogens is 452 g/mol. The Kier molecular flexibility index (Phi) is 6.62. The summed E-state index contributed by atoms with van der Waals surface area (Å²) in [4.78, 5) is 23.7. The van der Waals surface area contributed by atoms with Crippen LogP contribution in [0.1, 0.15) is 112 Å². The Labute approximate surface area is 218 Å². The summed E-state index contributed by atoms with van der Waals surface area (Å²) >= 11 is 0. The number of rotatable bonds is 7. The lowest BCUT2D eigenvalue weighted by atomic mass is 9.44. The molecule has 5 heteroatoms. The summed E-state index contributed by atoms with van der Waals surface area (Å²) in [5, 5.41) is 0. The fraction of sp³-hybridized carbons (Fsp3) is 0.935. The van der Waals surface area contributed by atoms with Crippen molar-refractivity contribution in [3.63, 3.8) is 0 Å². The van der Waals surface area contributed by atoms with Gasteiger partial charge in [-0.05, 0) is 103 Å². The van der Waals surface area contributed by atoms with E-state index in [2.05, 4.69) is 34.6 Å². The molecule has 36 heavy (non-hydrogen) atoms. The molecule has 1 aliphatic heterocycles. The van der Waals surface area contributed by atoms with Crippen LogP contribution in [-0.4, -0.2) is 37.4 Å². The van der Waals surface area contributed by atoms with E-state index in [1.165, 1.54) is 52.1 Å². The molecule has 0 radical (unpaired) electrons. The van der Waals surface area contributed by atoms with Crippen molar-refractivity contribution in [2.24, 2.45) is 45.3 Å². The maximum atomic E-state index is 12.0. The van der Waals surface area contributed by atoms with Gasteiger partial charge in [0, 0.05) is 6.92 Å². The molecule has 1 spiro atoms. The summed E-state index contributed by atoms with van der Waals surface area (Å²) in [5.41, 5.74) is 1.50. The van der Waals surface area contributed by atoms with E-state index in [-0.39, 0.29) is 35.7 Å². The smallest absolute Gasteiger partial charge is 0.308 e. The molecule has 5 nitrogen and oxygen atoms in total. The van der Waals surface area contributed by atoms with Crippen molar-refractivity contribution in [2.75, 3.05) is 7.11 Å². The molecule has 5 aliphatic rings. The largest absolute Gasteiger partial charge is 0.469 e. The highest BCUT2D eigenvalue weighted by molar-refractivity contribution is 5.69. The van der Waals surface area contributed by atoms with Gasteiger partial charge in [0.1, 0.15) is 6.10 Å². The van der Waals surface area contributed by atoms with Gasteiger partial charge in [0.2, 0.25) is 0 Å².